The van der Waals surface area contributed by atoms with Crippen LogP contribution in [0, 0.1) is 5.82 Å². The number of para-hydroxylation sites is 1. The van der Waals surface area contributed by atoms with Crippen molar-refractivity contribution in [2.45, 2.75) is 0 Å². The maximum absolute atomic E-state index is 16.9. The van der Waals surface area contributed by atoms with Crippen LogP contribution >= 0.6 is 9.24 Å². The van der Waals surface area contributed by atoms with Crippen molar-refractivity contribution in [2.24, 2.45) is 0 Å². The second-order valence-electron chi connectivity index (χ2n) is 15.1. The van der Waals surface area contributed by atoms with Crippen molar-refractivity contribution >= 4 is 48.7 Å². The van der Waals surface area contributed by atoms with E-state index in [1.807, 2.05) is 90.0 Å². The number of rotatable bonds is 11. The Labute approximate surface area is 369 Å². The summed E-state index contributed by atoms with van der Waals surface area (Å²) in [6.45, 7) is 0. The molecule has 0 amide bonds. The Kier molecular flexibility index (Phi) is 11.0. The molecule has 0 spiro atoms. The van der Waals surface area contributed by atoms with Crippen LogP contribution in [0.2, 0.25) is 0 Å². The van der Waals surface area contributed by atoms with Crippen LogP contribution in [0.4, 0.5) is 38.5 Å². The molecule has 7 aromatic carbocycles. The lowest BCUT2D eigenvalue weighted by Gasteiger charge is -2.26. The van der Waals surface area contributed by atoms with Crippen molar-refractivity contribution in [3.05, 3.63) is 243 Å². The van der Waals surface area contributed by atoms with E-state index in [4.69, 9.17) is 0 Å². The fourth-order valence-corrected chi connectivity index (χ4v) is 8.63. The van der Waals surface area contributed by atoms with Gasteiger partial charge in [0.2, 0.25) is 0 Å². The van der Waals surface area contributed by atoms with E-state index in [-0.39, 0.29) is 5.82 Å². The minimum atomic E-state index is -0.337. The predicted molar refractivity (Wildman–Crippen MR) is 262 cm³/mol. The predicted octanol–water partition coefficient (Wildman–Crippen LogP) is 14.5. The summed E-state index contributed by atoms with van der Waals surface area (Å²) in [4.78, 5) is 13.1. The second kappa shape index (κ2) is 17.6. The van der Waals surface area contributed by atoms with Gasteiger partial charge in [0.05, 0.1) is 35.2 Å². The topological polar surface area (TPSA) is 37.2 Å². The van der Waals surface area contributed by atoms with Gasteiger partial charge < -0.3 is 14.4 Å². The van der Waals surface area contributed by atoms with Crippen molar-refractivity contribution in [3.63, 3.8) is 0 Å². The second-order valence-corrected chi connectivity index (χ2v) is 15.8. The maximum atomic E-state index is 16.9. The molecule has 1 atom stereocenters. The van der Waals surface area contributed by atoms with Gasteiger partial charge in [-0.05, 0) is 131 Å². The van der Waals surface area contributed by atoms with Crippen LogP contribution in [0.1, 0.15) is 0 Å². The molecule has 0 bridgehead atoms. The number of hydrogen-bond acceptors (Lipinski definition) is 4. The third kappa shape index (κ3) is 8.04. The first-order chi connectivity index (χ1) is 31.1. The molecule has 0 radical (unpaired) electrons. The average molecular weight is 834 g/mol. The average Bonchev–Trinajstić information content (AvgIpc) is 3.78. The number of halogens is 1. The van der Waals surface area contributed by atoms with Crippen LogP contribution in [0.3, 0.4) is 0 Å². The van der Waals surface area contributed by atoms with Gasteiger partial charge >= 0.3 is 0 Å². The van der Waals surface area contributed by atoms with Crippen molar-refractivity contribution < 1.29 is 4.39 Å². The van der Waals surface area contributed by atoms with Gasteiger partial charge in [-0.25, -0.2) is 4.39 Å². The third-order valence-corrected chi connectivity index (χ3v) is 11.7. The zero-order valence-corrected chi connectivity index (χ0v) is 35.4. The Morgan fingerprint density at radius 2 is 0.810 bits per heavy atom. The van der Waals surface area contributed by atoms with Crippen molar-refractivity contribution in [3.8, 4) is 50.5 Å². The summed E-state index contributed by atoms with van der Waals surface area (Å²) in [5.41, 5.74) is 14.0. The van der Waals surface area contributed by atoms with Crippen LogP contribution in [0.5, 0.6) is 0 Å². The van der Waals surface area contributed by atoms with E-state index in [0.717, 1.165) is 73.1 Å². The summed E-state index contributed by atoms with van der Waals surface area (Å²) >= 11 is 0. The lowest BCUT2D eigenvalue weighted by atomic mass is 10.0. The summed E-state index contributed by atoms with van der Waals surface area (Å²) in [6, 6.07) is 71.7. The number of hydrogen-bond donors (Lipinski definition) is 0. The SMILES string of the molecule is Fc1cc(N(c2ccc(-c3ccccc3)cc2)c2cccnc2)ccc1-c1ccc(-c2ccc(N(c3ccc(-c4ccccc4)cc3)c3cccnc3)cc2P)n1-c1ccccc1. The Morgan fingerprint density at radius 1 is 0.381 bits per heavy atom. The molecule has 0 aliphatic carbocycles. The van der Waals surface area contributed by atoms with Crippen LogP contribution in [0.15, 0.2) is 237 Å². The molecular formula is C56H41FN5P. The Morgan fingerprint density at radius 3 is 1.27 bits per heavy atom. The molecule has 0 fully saturated rings. The molecule has 0 saturated carbocycles. The number of aromatic nitrogens is 3. The summed E-state index contributed by atoms with van der Waals surface area (Å²) in [7, 11) is 2.95. The molecule has 7 heteroatoms. The fourth-order valence-electron chi connectivity index (χ4n) is 8.22. The smallest absolute Gasteiger partial charge is 0.134 e. The molecule has 0 saturated heterocycles. The van der Waals surface area contributed by atoms with E-state index in [9.17, 15) is 0 Å². The van der Waals surface area contributed by atoms with E-state index in [1.54, 1.807) is 24.7 Å². The lowest BCUT2D eigenvalue weighted by molar-refractivity contribution is 0.630. The maximum Gasteiger partial charge on any atom is 0.134 e. The fraction of sp³-hybridized carbons (Fsp3) is 0. The Bertz CT molecular complexity index is 2910. The molecule has 5 nitrogen and oxygen atoms in total. The van der Waals surface area contributed by atoms with Crippen LogP contribution < -0.4 is 15.1 Å². The molecule has 10 aromatic rings. The highest BCUT2D eigenvalue weighted by molar-refractivity contribution is 7.28. The van der Waals surface area contributed by atoms with Crippen LogP contribution in [0.25, 0.3) is 50.5 Å². The molecule has 302 valence electrons. The normalized spacial score (nSPS) is 11.0. The van der Waals surface area contributed by atoms with Gasteiger partial charge in [0.25, 0.3) is 0 Å². The zero-order valence-electron chi connectivity index (χ0n) is 34.2. The number of anilines is 6. The number of benzene rings is 7. The molecule has 3 aromatic heterocycles. The van der Waals surface area contributed by atoms with Gasteiger partial charge in [-0.1, -0.05) is 109 Å². The summed E-state index contributed by atoms with van der Waals surface area (Å²) < 4.78 is 19.1. The van der Waals surface area contributed by atoms with E-state index >= 15 is 4.39 Å². The summed E-state index contributed by atoms with van der Waals surface area (Å²) in [6.07, 6.45) is 7.21. The zero-order chi connectivity index (χ0) is 42.5. The lowest BCUT2D eigenvalue weighted by Crippen LogP contribution is -2.13. The van der Waals surface area contributed by atoms with Crippen molar-refractivity contribution in [1.82, 2.24) is 14.5 Å². The van der Waals surface area contributed by atoms with Gasteiger partial charge in [-0.3, -0.25) is 9.97 Å². The van der Waals surface area contributed by atoms with Gasteiger partial charge in [0.15, 0.2) is 0 Å². The standard InChI is InChI=1S/C56H41FN5P/c57-53-36-47(60(49-18-10-34-58-38-49)45-24-20-42(21-25-45)40-12-4-1-5-13-40)28-30-51(53)54-32-33-55(62(54)44-16-8-3-9-17-44)52-31-29-48(37-56(52)63)61(50-19-11-35-59-39-50)46-26-22-43(23-27-46)41-14-6-2-7-15-41/h1-39H,63H2. The highest BCUT2D eigenvalue weighted by Gasteiger charge is 2.22. The Hall–Kier alpha value is -7.92. The first-order valence-corrected chi connectivity index (χ1v) is 21.3. The molecule has 0 N–H and O–H groups in total. The highest BCUT2D eigenvalue weighted by Crippen LogP contribution is 2.41. The van der Waals surface area contributed by atoms with Gasteiger partial charge in [0.1, 0.15) is 5.82 Å². The van der Waals surface area contributed by atoms with Crippen molar-refractivity contribution in [1.29, 1.82) is 0 Å². The summed E-state index contributed by atoms with van der Waals surface area (Å²) in [5.74, 6) is -0.337. The largest absolute Gasteiger partial charge is 0.309 e. The number of nitrogens with zero attached hydrogens (tertiary/aromatic N) is 5. The molecule has 1 unspecified atom stereocenters. The monoisotopic (exact) mass is 833 g/mol. The molecule has 10 rings (SSSR count). The van der Waals surface area contributed by atoms with E-state index in [0.29, 0.717) is 11.3 Å². The van der Waals surface area contributed by atoms with Gasteiger partial charge in [-0.15, -0.1) is 9.24 Å². The molecule has 0 aliphatic rings. The van der Waals surface area contributed by atoms with Gasteiger partial charge in [0, 0.05) is 52.0 Å². The molecule has 63 heavy (non-hydrogen) atoms. The van der Waals surface area contributed by atoms with Crippen LogP contribution in [-0.4, -0.2) is 14.5 Å². The van der Waals surface area contributed by atoms with Crippen molar-refractivity contribution in [2.75, 3.05) is 9.80 Å². The van der Waals surface area contributed by atoms with E-state index in [2.05, 4.69) is 156 Å². The highest BCUT2D eigenvalue weighted by atomic mass is 31.0. The quantitative estimate of drug-likeness (QED) is 0.122. The molecule has 3 heterocycles. The molecular weight excluding hydrogens is 793 g/mol. The third-order valence-electron chi connectivity index (χ3n) is 11.2. The van der Waals surface area contributed by atoms with E-state index in [1.165, 1.54) is 5.56 Å². The Balaban J connectivity index is 1.02. The molecule has 0 aliphatic heterocycles. The van der Waals surface area contributed by atoms with Crippen LogP contribution in [-0.2, 0) is 0 Å². The minimum Gasteiger partial charge on any atom is -0.309 e. The first kappa shape index (κ1) is 39.2. The van der Waals surface area contributed by atoms with E-state index < -0.39 is 0 Å². The minimum absolute atomic E-state index is 0.337. The summed E-state index contributed by atoms with van der Waals surface area (Å²) in [5, 5.41) is 0.991. The van der Waals surface area contributed by atoms with Gasteiger partial charge in [-0.2, -0.15) is 0 Å². The number of pyridine rings is 2. The first-order valence-electron chi connectivity index (χ1n) is 20.8.